The number of aromatic nitrogens is 8. The molecule has 6 aromatic heterocycles. The average Bonchev–Trinajstić information content (AvgIpc) is 1.75. The summed E-state index contributed by atoms with van der Waals surface area (Å²) in [6, 6.07) is 66.3. The van der Waals surface area contributed by atoms with Crippen LogP contribution < -0.4 is 32.5 Å². The Balaban J connectivity index is 0.000000191. The van der Waals surface area contributed by atoms with Crippen molar-refractivity contribution in [1.82, 2.24) is 45.8 Å². The summed E-state index contributed by atoms with van der Waals surface area (Å²) in [4.78, 5) is 88.8. The maximum atomic E-state index is 12.0. The van der Waals surface area contributed by atoms with E-state index < -0.39 is 11.9 Å². The number of methoxy groups -OCH3 is 1. The second-order valence-electron chi connectivity index (χ2n) is 23.3. The van der Waals surface area contributed by atoms with Crippen molar-refractivity contribution in [2.45, 2.75) is 86.9 Å². The number of hydrazine groups is 1. The van der Waals surface area contributed by atoms with Gasteiger partial charge in [-0.15, -0.1) is 20.4 Å². The number of hydrogen-bond acceptors (Lipinski definition) is 25. The molecule has 0 unspecified atom stereocenters. The van der Waals surface area contributed by atoms with Crippen molar-refractivity contribution in [3.8, 4) is 22.9 Å². The van der Waals surface area contributed by atoms with Crippen LogP contribution in [0, 0.1) is 27.7 Å². The van der Waals surface area contributed by atoms with Crippen LogP contribution in [-0.4, -0.2) is 88.5 Å². The van der Waals surface area contributed by atoms with Crippen LogP contribution in [-0.2, 0) is 90.4 Å². The Morgan fingerprint density at radius 2 is 0.794 bits per heavy atom. The number of amides is 1. The minimum Gasteiger partial charge on any atom is -0.481 e. The van der Waals surface area contributed by atoms with Crippen molar-refractivity contribution >= 4 is 59.2 Å². The average molecular weight is 1450 g/mol. The van der Waals surface area contributed by atoms with Crippen LogP contribution in [0.2, 0.25) is 0 Å². The van der Waals surface area contributed by atoms with Crippen molar-refractivity contribution in [3.05, 3.63) is 310 Å². The van der Waals surface area contributed by atoms with Gasteiger partial charge in [0, 0.05) is 57.9 Å². The van der Waals surface area contributed by atoms with E-state index in [2.05, 4.69) is 172 Å². The molecule has 8 N–H and O–H groups in total. The summed E-state index contributed by atoms with van der Waals surface area (Å²) >= 11 is 0. The molecule has 0 aliphatic carbocycles. The third-order valence-electron chi connectivity index (χ3n) is 14.6. The first-order valence-corrected chi connectivity index (χ1v) is 33.2. The van der Waals surface area contributed by atoms with Crippen LogP contribution in [0.1, 0.15) is 95.1 Å². The van der Waals surface area contributed by atoms with Crippen LogP contribution in [0.3, 0.4) is 0 Å². The molecule has 27 nitrogen and oxygen atoms in total. The van der Waals surface area contributed by atoms with Gasteiger partial charge in [-0.2, -0.15) is 9.59 Å². The Kier molecular flexibility index (Phi) is 32.9. The van der Waals surface area contributed by atoms with E-state index in [0.29, 0.717) is 60.9 Å². The highest BCUT2D eigenvalue weighted by molar-refractivity contribution is 5.93. The quantitative estimate of drug-likeness (QED) is 0.00971. The number of aryl methyl sites for hydroxylation is 4. The molecule has 6 heterocycles. The van der Waals surface area contributed by atoms with Crippen LogP contribution >= 0.6 is 0 Å². The van der Waals surface area contributed by atoms with E-state index in [4.69, 9.17) is 38.8 Å². The van der Waals surface area contributed by atoms with E-state index in [-0.39, 0.29) is 61.1 Å². The molecule has 12 rings (SSSR count). The molecule has 0 saturated heterocycles. The minimum absolute atomic E-state index is 0.0687. The maximum Gasteiger partial charge on any atom is 0.373 e. The van der Waals surface area contributed by atoms with Gasteiger partial charge in [0.2, 0.25) is 23.6 Å². The first-order chi connectivity index (χ1) is 51.8. The molecule has 0 aliphatic heterocycles. The van der Waals surface area contributed by atoms with Gasteiger partial charge in [-0.25, -0.2) is 30.6 Å². The van der Waals surface area contributed by atoms with Crippen molar-refractivity contribution in [3.63, 3.8) is 0 Å². The molecule has 27 heteroatoms. The fourth-order valence-corrected chi connectivity index (χ4v) is 9.45. The molecule has 12 aromatic rings. The van der Waals surface area contributed by atoms with E-state index in [1.165, 1.54) is 70.9 Å². The fourth-order valence-electron chi connectivity index (χ4n) is 9.45. The summed E-state index contributed by atoms with van der Waals surface area (Å²) in [5.74, 6) is 6.40. The van der Waals surface area contributed by atoms with E-state index in [0.717, 1.165) is 34.4 Å². The summed E-state index contributed by atoms with van der Waals surface area (Å²) in [7, 11) is 1.35. The molecule has 0 aliphatic rings. The zero-order valence-electron chi connectivity index (χ0n) is 59.6. The van der Waals surface area contributed by atoms with Gasteiger partial charge in [0.15, 0.2) is 0 Å². The number of carboxylic acid groups (broad SMARTS) is 1. The number of aliphatic carboxylic acids is 1. The number of ether oxygens (including phenoxy) is 3. The van der Waals surface area contributed by atoms with Gasteiger partial charge in [0.25, 0.3) is 5.91 Å². The summed E-state index contributed by atoms with van der Waals surface area (Å²) in [6.07, 6.45) is 6.13. The number of nitrogens with zero attached hydrogens (tertiary/aromatic N) is 8. The minimum atomic E-state index is -1.01. The number of nitrogens with one attached hydrogen (secondary N) is 5. The van der Waals surface area contributed by atoms with Crippen LogP contribution in [0.25, 0.3) is 22.9 Å². The number of rotatable bonds is 24. The Morgan fingerprint density at radius 1 is 0.439 bits per heavy atom. The molecule has 1 amide bonds. The third kappa shape index (κ3) is 29.9. The lowest BCUT2D eigenvalue weighted by Gasteiger charge is -2.07. The monoisotopic (exact) mass is 1440 g/mol. The number of benzene rings is 6. The molecular formula is C80H80N14O13. The Hall–Kier alpha value is -13.9. The highest BCUT2D eigenvalue weighted by Crippen LogP contribution is 2.22. The Labute approximate surface area is 617 Å². The topological polar surface area (TPSA) is 383 Å². The molecular weight excluding hydrogens is 1360 g/mol. The number of hydrogen-bond donors (Lipinski definition) is 7. The largest absolute Gasteiger partial charge is 0.481 e. The summed E-state index contributed by atoms with van der Waals surface area (Å²) in [5.41, 5.74) is 15.8. The summed E-state index contributed by atoms with van der Waals surface area (Å²) in [5, 5.41) is 37.1. The molecule has 0 spiro atoms. The predicted octanol–water partition coefficient (Wildman–Crippen LogP) is 12.6. The first kappa shape index (κ1) is 80.4. The molecule has 6 aromatic carbocycles. The molecule has 107 heavy (non-hydrogen) atoms. The van der Waals surface area contributed by atoms with Gasteiger partial charge in [-0.05, 0) is 110 Å². The number of nitrogens with two attached hydrogens (primary N) is 1. The van der Waals surface area contributed by atoms with Gasteiger partial charge < -0.3 is 49.4 Å². The standard InChI is InChI=1S/C24H22N4O3.C17H16N4O3.C15H16N2O2.C14H16N4O.C9H10O2.CO2/c1-17-6-5-9-19(12-17)14-25-21-11-10-20(15-26-21)24-28-27-22(31-24)13-23(29)30-16-18-7-3-2-4-8-18;1-11-3-2-4-12(7-11)9-18-14-6-5-13(10-19-14)17-21-20-15(24-17)8-16(22)23;1-11-4-3-5-12(8-11)9-16-14-7-6-13(10-17-14)15(18)19-2;1-10-3-2-4-11(7-10)8-16-13-6-5-12(9-17-13)14(19)18-15;1-8(10)11-7-9-5-3-2-4-6-9;2-1-3/h2-12,15H,13-14,16H2,1H3,(H,25,26);2-7,10H,8-9H2,1H3,(H,18,19)(H,22,23);3-8,10H,9H2,1-2H3,(H,16,17);2-7,9H,8,15H2,1H3,(H,16,17)(H,18,19);2-6H,7H2,1H3;. The molecule has 548 valence electrons. The number of carbonyl (C=O) groups is 5. The van der Waals surface area contributed by atoms with E-state index in [9.17, 15) is 24.0 Å². The van der Waals surface area contributed by atoms with Gasteiger partial charge in [-0.3, -0.25) is 24.6 Å². The number of esters is 3. The van der Waals surface area contributed by atoms with E-state index in [1.54, 1.807) is 42.7 Å². The number of carboxylic acids is 1. The van der Waals surface area contributed by atoms with E-state index >= 15 is 0 Å². The van der Waals surface area contributed by atoms with Gasteiger partial charge in [0.05, 0.1) is 29.4 Å². The lowest BCUT2D eigenvalue weighted by atomic mass is 10.1. The smallest absolute Gasteiger partial charge is 0.373 e. The summed E-state index contributed by atoms with van der Waals surface area (Å²) in [6.45, 7) is 13.0. The zero-order chi connectivity index (χ0) is 76.6. The maximum absolute atomic E-state index is 12.0. The fraction of sp³-hybridized carbons (Fsp3) is 0.175. The second kappa shape index (κ2) is 43.8. The summed E-state index contributed by atoms with van der Waals surface area (Å²) < 4.78 is 25.5. The Bertz CT molecular complexity index is 4670. The predicted molar refractivity (Wildman–Crippen MR) is 399 cm³/mol. The Morgan fingerprint density at radius 3 is 1.12 bits per heavy atom. The number of pyridine rings is 4. The lowest BCUT2D eigenvalue weighted by molar-refractivity contribution is -0.191. The van der Waals surface area contributed by atoms with Crippen molar-refractivity contribution in [2.24, 2.45) is 5.84 Å². The van der Waals surface area contributed by atoms with Crippen LogP contribution in [0.5, 0.6) is 0 Å². The highest BCUT2D eigenvalue weighted by atomic mass is 16.5. The molecule has 0 saturated carbocycles. The number of carbonyl (C=O) groups excluding carboxylic acids is 6. The SMILES string of the molecule is CC(=O)OCc1ccccc1.COC(=O)c1ccc(NCc2cccc(C)c2)nc1.Cc1cccc(CNc2ccc(-c3nnc(CC(=O)O)o3)cn2)c1.Cc1cccc(CNc2ccc(-c3nnc(CC(=O)OCc4ccccc4)o3)cn2)c1.Cc1cccc(CNc2ccc(C(=O)NN)cn2)c1.O=C=O. The van der Waals surface area contributed by atoms with Crippen molar-refractivity contribution < 1.29 is 61.7 Å². The highest BCUT2D eigenvalue weighted by Gasteiger charge is 2.16. The molecule has 0 atom stereocenters. The van der Waals surface area contributed by atoms with Gasteiger partial charge in [-0.1, -0.05) is 180 Å². The van der Waals surface area contributed by atoms with Gasteiger partial charge in [0.1, 0.15) is 49.3 Å². The molecule has 0 bridgehead atoms. The first-order valence-electron chi connectivity index (χ1n) is 33.2. The van der Waals surface area contributed by atoms with Crippen molar-refractivity contribution in [1.29, 1.82) is 0 Å². The zero-order valence-corrected chi connectivity index (χ0v) is 59.6. The van der Waals surface area contributed by atoms with E-state index in [1.807, 2.05) is 103 Å². The molecule has 0 fully saturated rings. The third-order valence-corrected chi connectivity index (χ3v) is 14.6. The number of anilines is 4. The second-order valence-corrected chi connectivity index (χ2v) is 23.3. The van der Waals surface area contributed by atoms with Crippen LogP contribution in [0.4, 0.5) is 23.3 Å². The van der Waals surface area contributed by atoms with Crippen molar-refractivity contribution in [2.75, 3.05) is 28.4 Å². The van der Waals surface area contributed by atoms with Crippen LogP contribution in [0.15, 0.2) is 240 Å². The van der Waals surface area contributed by atoms with Gasteiger partial charge >= 0.3 is 30.0 Å². The molecule has 0 radical (unpaired) electrons. The number of nitrogen functional groups attached to an aromatic ring is 1. The lowest BCUT2D eigenvalue weighted by Crippen LogP contribution is -2.30. The normalized spacial score (nSPS) is 10.0.